The Kier molecular flexibility index (Phi) is 7.04. The van der Waals surface area contributed by atoms with Crippen LogP contribution in [0, 0.1) is 19.8 Å². The first-order valence-electron chi connectivity index (χ1n) is 13.6. The van der Waals surface area contributed by atoms with Crippen molar-refractivity contribution in [3.05, 3.63) is 101 Å². The predicted octanol–water partition coefficient (Wildman–Crippen LogP) is 6.95. The largest absolute Gasteiger partial charge is 0.370 e. The first-order chi connectivity index (χ1) is 18.9. The summed E-state index contributed by atoms with van der Waals surface area (Å²) in [4.78, 5) is 13.7. The molecular formula is C31H33ClN6S. The van der Waals surface area contributed by atoms with Crippen LogP contribution < -0.4 is 15.1 Å². The fraction of sp³-hybridized carbons (Fsp3) is 0.323. The molecule has 200 valence electrons. The Morgan fingerprint density at radius 2 is 1.79 bits per heavy atom. The highest BCUT2D eigenvalue weighted by atomic mass is 35.5. The van der Waals surface area contributed by atoms with Crippen LogP contribution in [-0.2, 0) is 0 Å². The van der Waals surface area contributed by atoms with Gasteiger partial charge >= 0.3 is 0 Å². The van der Waals surface area contributed by atoms with Crippen molar-refractivity contribution in [2.45, 2.75) is 45.7 Å². The van der Waals surface area contributed by atoms with Crippen LogP contribution in [0.25, 0.3) is 5.69 Å². The number of thiocarbonyl (C=S) groups is 1. The second kappa shape index (κ2) is 10.6. The number of hydrogen-bond donors (Lipinski definition) is 1. The monoisotopic (exact) mass is 556 g/mol. The van der Waals surface area contributed by atoms with Gasteiger partial charge in [0.05, 0.1) is 40.4 Å². The van der Waals surface area contributed by atoms with E-state index in [1.165, 1.54) is 18.4 Å². The van der Waals surface area contributed by atoms with Gasteiger partial charge in [-0.15, -0.1) is 0 Å². The van der Waals surface area contributed by atoms with E-state index in [4.69, 9.17) is 28.8 Å². The van der Waals surface area contributed by atoms with Gasteiger partial charge in [-0.1, -0.05) is 24.6 Å². The summed E-state index contributed by atoms with van der Waals surface area (Å²) < 4.78 is 2.25. The molecule has 39 heavy (non-hydrogen) atoms. The van der Waals surface area contributed by atoms with Crippen LogP contribution in [0.4, 0.5) is 11.4 Å². The lowest BCUT2D eigenvalue weighted by Crippen LogP contribution is -2.33. The van der Waals surface area contributed by atoms with E-state index in [9.17, 15) is 0 Å². The van der Waals surface area contributed by atoms with Gasteiger partial charge in [-0.3, -0.25) is 9.97 Å². The van der Waals surface area contributed by atoms with Gasteiger partial charge in [-0.05, 0) is 98.9 Å². The molecule has 0 radical (unpaired) electrons. The number of piperidine rings is 1. The molecule has 0 aliphatic carbocycles. The van der Waals surface area contributed by atoms with E-state index < -0.39 is 0 Å². The van der Waals surface area contributed by atoms with Gasteiger partial charge in [0, 0.05) is 42.6 Å². The van der Waals surface area contributed by atoms with Gasteiger partial charge in [0.2, 0.25) is 0 Å². The van der Waals surface area contributed by atoms with Gasteiger partial charge < -0.3 is 19.7 Å². The van der Waals surface area contributed by atoms with Crippen molar-refractivity contribution in [3.8, 4) is 5.69 Å². The molecule has 1 aromatic carbocycles. The first-order valence-corrected chi connectivity index (χ1v) is 14.4. The van der Waals surface area contributed by atoms with Crippen molar-refractivity contribution in [2.24, 2.45) is 5.92 Å². The Labute approximate surface area is 240 Å². The average molecular weight is 557 g/mol. The second-order valence-corrected chi connectivity index (χ2v) is 11.5. The van der Waals surface area contributed by atoms with Crippen LogP contribution in [0.15, 0.2) is 73.2 Å². The van der Waals surface area contributed by atoms with Crippen LogP contribution in [0.5, 0.6) is 0 Å². The van der Waals surface area contributed by atoms with Crippen LogP contribution in [0.2, 0.25) is 5.02 Å². The van der Waals surface area contributed by atoms with Gasteiger partial charge in [-0.25, -0.2) is 0 Å². The average Bonchev–Trinajstić information content (AvgIpc) is 3.45. The lowest BCUT2D eigenvalue weighted by atomic mass is 9.96. The number of rotatable bonds is 5. The summed E-state index contributed by atoms with van der Waals surface area (Å²) in [5.74, 6) is 0.766. The fourth-order valence-electron chi connectivity index (χ4n) is 6.07. The third kappa shape index (κ3) is 4.79. The molecule has 2 saturated heterocycles. The van der Waals surface area contributed by atoms with E-state index in [1.54, 1.807) is 6.20 Å². The zero-order valence-corrected chi connectivity index (χ0v) is 24.1. The van der Waals surface area contributed by atoms with Crippen molar-refractivity contribution in [1.82, 2.24) is 19.9 Å². The zero-order chi connectivity index (χ0) is 27.1. The molecule has 0 bridgehead atoms. The third-order valence-electron chi connectivity index (χ3n) is 8.12. The van der Waals surface area contributed by atoms with E-state index in [-0.39, 0.29) is 12.1 Å². The first kappa shape index (κ1) is 25.8. The molecule has 5 heterocycles. The number of nitrogens with zero attached hydrogens (tertiary/aromatic N) is 5. The maximum Gasteiger partial charge on any atom is 0.174 e. The molecule has 2 fully saturated rings. The van der Waals surface area contributed by atoms with E-state index in [0.717, 1.165) is 58.2 Å². The summed E-state index contributed by atoms with van der Waals surface area (Å²) in [6.07, 6.45) is 7.92. The number of halogens is 1. The Morgan fingerprint density at radius 3 is 2.49 bits per heavy atom. The van der Waals surface area contributed by atoms with Crippen molar-refractivity contribution in [1.29, 1.82) is 0 Å². The van der Waals surface area contributed by atoms with Crippen molar-refractivity contribution in [3.63, 3.8) is 0 Å². The van der Waals surface area contributed by atoms with Crippen LogP contribution in [0.3, 0.4) is 0 Å². The highest BCUT2D eigenvalue weighted by Gasteiger charge is 2.42. The molecular weight excluding hydrogens is 524 g/mol. The zero-order valence-electron chi connectivity index (χ0n) is 22.5. The molecule has 1 N–H and O–H groups in total. The standard InChI is InChI=1S/C31H33ClN6S/c1-20-11-15-36(16-12-20)28-10-9-23(18-26(28)32)38-30(29(35-31(38)39)27-8-4-5-14-34-27)25-17-21(2)37(22(25)3)24-7-6-13-33-19-24/h4-10,13-14,17-20,29-30H,11-12,15-16H2,1-3H3,(H,35,39). The predicted molar refractivity (Wildman–Crippen MR) is 163 cm³/mol. The number of aromatic nitrogens is 3. The van der Waals surface area contributed by atoms with Gasteiger partial charge in [0.15, 0.2) is 5.11 Å². The number of hydrogen-bond acceptors (Lipinski definition) is 4. The molecule has 3 aromatic heterocycles. The molecule has 0 spiro atoms. The highest BCUT2D eigenvalue weighted by Crippen LogP contribution is 2.45. The van der Waals surface area contributed by atoms with E-state index in [2.05, 4.69) is 81.8 Å². The van der Waals surface area contributed by atoms with E-state index >= 15 is 0 Å². The number of anilines is 2. The van der Waals surface area contributed by atoms with Gasteiger partial charge in [0.25, 0.3) is 0 Å². The van der Waals surface area contributed by atoms with Gasteiger partial charge in [0.1, 0.15) is 0 Å². The minimum absolute atomic E-state index is 0.109. The lowest BCUT2D eigenvalue weighted by Gasteiger charge is -2.33. The molecule has 6 nitrogen and oxygen atoms in total. The van der Waals surface area contributed by atoms with Crippen molar-refractivity contribution < 1.29 is 0 Å². The highest BCUT2D eigenvalue weighted by molar-refractivity contribution is 7.80. The van der Waals surface area contributed by atoms with Crippen molar-refractivity contribution >= 4 is 40.3 Å². The summed E-state index contributed by atoms with van der Waals surface area (Å²) >= 11 is 12.9. The molecule has 2 aliphatic heterocycles. The van der Waals surface area contributed by atoms with Crippen molar-refractivity contribution in [2.75, 3.05) is 22.9 Å². The summed E-state index contributed by atoms with van der Waals surface area (Å²) in [6.45, 7) is 8.70. The molecule has 2 atom stereocenters. The normalized spacial score (nSPS) is 19.9. The fourth-order valence-corrected chi connectivity index (χ4v) is 6.71. The maximum absolute atomic E-state index is 6.96. The van der Waals surface area contributed by atoms with Crippen LogP contribution in [-0.4, -0.2) is 32.7 Å². The smallest absolute Gasteiger partial charge is 0.174 e. The number of aryl methyl sites for hydroxylation is 1. The Bertz CT molecular complexity index is 1480. The topological polar surface area (TPSA) is 49.2 Å². The van der Waals surface area contributed by atoms with E-state index in [1.807, 2.05) is 30.6 Å². The second-order valence-electron chi connectivity index (χ2n) is 10.7. The Hall–Kier alpha value is -3.42. The summed E-state index contributed by atoms with van der Waals surface area (Å²) in [5.41, 5.74) is 7.53. The molecule has 2 aliphatic rings. The summed E-state index contributed by atoms with van der Waals surface area (Å²) in [5, 5.41) is 5.00. The molecule has 2 unspecified atom stereocenters. The van der Waals surface area contributed by atoms with Gasteiger partial charge in [-0.2, -0.15) is 0 Å². The maximum atomic E-state index is 6.96. The third-order valence-corrected chi connectivity index (χ3v) is 8.74. The van der Waals surface area contributed by atoms with Crippen LogP contribution in [0.1, 0.15) is 54.5 Å². The minimum Gasteiger partial charge on any atom is -0.370 e. The summed E-state index contributed by atoms with van der Waals surface area (Å²) in [6, 6.07) is 18.5. The quantitative estimate of drug-likeness (QED) is 0.268. The molecule has 0 saturated carbocycles. The summed E-state index contributed by atoms with van der Waals surface area (Å²) in [7, 11) is 0. The molecule has 6 rings (SSSR count). The molecule has 4 aromatic rings. The van der Waals surface area contributed by atoms with Crippen LogP contribution >= 0.6 is 23.8 Å². The SMILES string of the molecule is Cc1cc(C2C(c3ccccn3)NC(=S)N2c2ccc(N3CCC(C)CC3)c(Cl)c2)c(C)n1-c1cccnc1. The molecule has 8 heteroatoms. The number of pyridine rings is 2. The minimum atomic E-state index is -0.122. The lowest BCUT2D eigenvalue weighted by molar-refractivity contribution is 0.438. The molecule has 0 amide bonds. The Morgan fingerprint density at radius 1 is 0.974 bits per heavy atom. The Balaban J connectivity index is 1.43. The number of benzene rings is 1. The van der Waals surface area contributed by atoms with E-state index in [0.29, 0.717) is 5.11 Å². The number of nitrogens with one attached hydrogen (secondary N) is 1.